The lowest BCUT2D eigenvalue weighted by molar-refractivity contribution is -0.134. The number of carbonyl (C=O) groups is 4. The topological polar surface area (TPSA) is 206 Å². The SMILES string of the molecule is CC(=O)N1CCC(Nc2nc(N)c(C(=O)c3c(F)cccc3F)s2)CC1.CC(=O)O.Nc1nc(NC2CCNCC2)sc1C(=O)c1c(F)cccc1F. The van der Waals surface area contributed by atoms with Crippen LogP contribution in [0.25, 0.3) is 0 Å². The molecular formula is C34H38F4N8O5S2. The molecule has 0 spiro atoms. The van der Waals surface area contributed by atoms with Gasteiger partial charge in [0.05, 0.1) is 11.1 Å². The van der Waals surface area contributed by atoms with Gasteiger partial charge in [-0.25, -0.2) is 27.5 Å². The number of aromatic nitrogens is 2. The van der Waals surface area contributed by atoms with Crippen molar-refractivity contribution >= 4 is 68.0 Å². The molecule has 2 aromatic carbocycles. The number of hydrogen-bond acceptors (Lipinski definition) is 13. The van der Waals surface area contributed by atoms with Gasteiger partial charge in [0.2, 0.25) is 17.5 Å². The number of anilines is 4. The van der Waals surface area contributed by atoms with Crippen LogP contribution in [0.4, 0.5) is 39.5 Å². The maximum Gasteiger partial charge on any atom is 0.300 e. The number of benzene rings is 2. The fourth-order valence-corrected chi connectivity index (χ4v) is 7.24. The number of likely N-dealkylation sites (tertiary alicyclic amines) is 1. The normalized spacial score (nSPS) is 14.6. The number of nitrogens with one attached hydrogen (secondary N) is 3. The van der Waals surface area contributed by atoms with Gasteiger partial charge >= 0.3 is 0 Å². The molecule has 2 saturated heterocycles. The Morgan fingerprint density at radius 1 is 0.736 bits per heavy atom. The molecule has 0 bridgehead atoms. The first-order valence-corrected chi connectivity index (χ1v) is 18.0. The van der Waals surface area contributed by atoms with Gasteiger partial charge in [0.25, 0.3) is 5.97 Å². The zero-order valence-corrected chi connectivity index (χ0v) is 30.3. The number of aliphatic carboxylic acids is 1. The number of rotatable bonds is 8. The number of thiazole rings is 2. The lowest BCUT2D eigenvalue weighted by Gasteiger charge is -2.31. The molecule has 2 aliphatic heterocycles. The Morgan fingerprint density at radius 2 is 1.09 bits per heavy atom. The molecule has 2 aromatic heterocycles. The van der Waals surface area contributed by atoms with Crippen LogP contribution in [0.5, 0.6) is 0 Å². The predicted octanol–water partition coefficient (Wildman–Crippen LogP) is 5.15. The summed E-state index contributed by atoms with van der Waals surface area (Å²) in [6, 6.07) is 6.87. The molecule has 53 heavy (non-hydrogen) atoms. The number of carboxylic acid groups (broad SMARTS) is 1. The van der Waals surface area contributed by atoms with Crippen molar-refractivity contribution in [3.05, 3.63) is 80.5 Å². The highest BCUT2D eigenvalue weighted by atomic mass is 32.1. The average molecular weight is 779 g/mol. The number of nitrogens with zero attached hydrogens (tertiary/aromatic N) is 3. The molecule has 8 N–H and O–H groups in total. The number of hydrogen-bond donors (Lipinski definition) is 6. The predicted molar refractivity (Wildman–Crippen MR) is 194 cm³/mol. The second kappa shape index (κ2) is 18.6. The number of halogens is 4. The van der Waals surface area contributed by atoms with E-state index in [0.29, 0.717) is 23.4 Å². The summed E-state index contributed by atoms with van der Waals surface area (Å²) in [5.41, 5.74) is 10.3. The maximum atomic E-state index is 13.8. The molecule has 2 fully saturated rings. The number of amides is 1. The summed E-state index contributed by atoms with van der Waals surface area (Å²) in [7, 11) is 0. The third-order valence-corrected chi connectivity index (χ3v) is 10.0. The molecule has 6 rings (SSSR count). The van der Waals surface area contributed by atoms with E-state index in [-0.39, 0.29) is 39.4 Å². The van der Waals surface area contributed by atoms with E-state index in [9.17, 15) is 31.9 Å². The molecule has 13 nitrogen and oxygen atoms in total. The van der Waals surface area contributed by atoms with E-state index in [2.05, 4.69) is 25.9 Å². The maximum absolute atomic E-state index is 13.8. The number of nitrogens with two attached hydrogens (primary N) is 2. The molecule has 1 amide bonds. The Balaban J connectivity index is 0.000000216. The lowest BCUT2D eigenvalue weighted by Crippen LogP contribution is -2.41. The highest BCUT2D eigenvalue weighted by Gasteiger charge is 2.27. The van der Waals surface area contributed by atoms with Crippen molar-refractivity contribution in [2.24, 2.45) is 0 Å². The van der Waals surface area contributed by atoms with E-state index < -0.39 is 51.9 Å². The second-order valence-corrected chi connectivity index (χ2v) is 13.9. The fraction of sp³-hybridized carbons (Fsp3) is 0.353. The van der Waals surface area contributed by atoms with Crippen molar-refractivity contribution in [2.75, 3.05) is 48.3 Å². The third kappa shape index (κ3) is 10.9. The molecule has 4 aromatic rings. The minimum Gasteiger partial charge on any atom is -0.481 e. The van der Waals surface area contributed by atoms with Crippen molar-refractivity contribution in [1.82, 2.24) is 20.2 Å². The number of carboxylic acids is 1. The summed E-state index contributed by atoms with van der Waals surface area (Å²) >= 11 is 1.99. The fourth-order valence-electron chi connectivity index (χ4n) is 5.42. The second-order valence-electron chi connectivity index (χ2n) is 11.9. The Morgan fingerprint density at radius 3 is 1.45 bits per heavy atom. The average Bonchev–Trinajstić information content (AvgIpc) is 3.65. The minimum atomic E-state index is -0.936. The van der Waals surface area contributed by atoms with Crippen molar-refractivity contribution in [3.63, 3.8) is 0 Å². The first-order chi connectivity index (χ1) is 25.2. The van der Waals surface area contributed by atoms with Gasteiger partial charge in [-0.05, 0) is 63.0 Å². The van der Waals surface area contributed by atoms with Gasteiger partial charge in [0.15, 0.2) is 10.3 Å². The van der Waals surface area contributed by atoms with Crippen molar-refractivity contribution in [1.29, 1.82) is 0 Å². The molecule has 19 heteroatoms. The van der Waals surface area contributed by atoms with Crippen LogP contribution in [0.2, 0.25) is 0 Å². The summed E-state index contributed by atoms with van der Waals surface area (Å²) in [4.78, 5) is 55.2. The van der Waals surface area contributed by atoms with Crippen LogP contribution >= 0.6 is 22.7 Å². The standard InChI is InChI=1S/C17H18F2N4O2S.C15H16F2N4OS.C2H4O2/c1-9(24)23-7-5-10(6-8-23)21-17-22-16(20)15(26-17)14(25)13-11(18)3-2-4-12(13)19;16-9-2-1-3-10(17)11(9)12(22)13-14(18)21-15(23-13)20-8-4-6-19-7-5-8;1-2(3)4/h2-4,10H,5-8,20H2,1H3,(H,21,22);1-3,8,19H,4-7,18H2,(H,20,21);1H3,(H,3,4). The summed E-state index contributed by atoms with van der Waals surface area (Å²) in [6.07, 6.45) is 3.35. The van der Waals surface area contributed by atoms with E-state index in [1.165, 1.54) is 19.1 Å². The Bertz CT molecular complexity index is 1900. The zero-order valence-electron chi connectivity index (χ0n) is 28.7. The highest BCUT2D eigenvalue weighted by Crippen LogP contribution is 2.32. The van der Waals surface area contributed by atoms with Gasteiger partial charge < -0.3 is 37.4 Å². The Labute approximate surface area is 309 Å². The van der Waals surface area contributed by atoms with E-state index in [4.69, 9.17) is 21.4 Å². The van der Waals surface area contributed by atoms with E-state index in [1.807, 2.05) is 0 Å². The van der Waals surface area contributed by atoms with Gasteiger partial charge in [0, 0.05) is 39.0 Å². The Hall–Kier alpha value is -5.14. The smallest absolute Gasteiger partial charge is 0.300 e. The quantitative estimate of drug-likeness (QED) is 0.102. The van der Waals surface area contributed by atoms with E-state index in [1.54, 1.807) is 4.90 Å². The van der Waals surface area contributed by atoms with Crippen LogP contribution in [0.15, 0.2) is 36.4 Å². The van der Waals surface area contributed by atoms with Gasteiger partial charge in [-0.1, -0.05) is 34.8 Å². The molecular weight excluding hydrogens is 741 g/mol. The third-order valence-electron chi connectivity index (χ3n) is 8.03. The van der Waals surface area contributed by atoms with E-state index in [0.717, 1.165) is 92.6 Å². The Kier molecular flexibility index (Phi) is 14.2. The van der Waals surface area contributed by atoms with Crippen LogP contribution in [-0.2, 0) is 9.59 Å². The molecule has 0 aliphatic carbocycles. The zero-order chi connectivity index (χ0) is 38.8. The van der Waals surface area contributed by atoms with Crippen LogP contribution < -0.4 is 27.4 Å². The molecule has 284 valence electrons. The van der Waals surface area contributed by atoms with Gasteiger partial charge in [-0.15, -0.1) is 0 Å². The van der Waals surface area contributed by atoms with Gasteiger partial charge in [-0.3, -0.25) is 19.2 Å². The largest absolute Gasteiger partial charge is 0.481 e. The van der Waals surface area contributed by atoms with Crippen molar-refractivity contribution in [2.45, 2.75) is 51.6 Å². The number of piperidine rings is 2. The van der Waals surface area contributed by atoms with E-state index >= 15 is 0 Å². The lowest BCUT2D eigenvalue weighted by atomic mass is 10.1. The van der Waals surface area contributed by atoms with Crippen molar-refractivity contribution in [3.8, 4) is 0 Å². The molecule has 0 saturated carbocycles. The molecule has 2 aliphatic rings. The summed E-state index contributed by atoms with van der Waals surface area (Å²) in [5, 5.41) is 18.0. The van der Waals surface area contributed by atoms with Gasteiger partial charge in [0.1, 0.15) is 44.7 Å². The summed E-state index contributed by atoms with van der Waals surface area (Å²) in [5.74, 6) is -6.16. The van der Waals surface area contributed by atoms with Crippen molar-refractivity contribution < 1.29 is 41.8 Å². The summed E-state index contributed by atoms with van der Waals surface area (Å²) in [6.45, 7) is 5.71. The minimum absolute atomic E-state index is 0.00216. The van der Waals surface area contributed by atoms with Crippen LogP contribution in [0, 0.1) is 23.3 Å². The molecule has 0 unspecified atom stereocenters. The van der Waals surface area contributed by atoms with Gasteiger partial charge in [-0.2, -0.15) is 0 Å². The number of carbonyl (C=O) groups excluding carboxylic acids is 3. The molecule has 0 radical (unpaired) electrons. The van der Waals surface area contributed by atoms with Crippen LogP contribution in [0.1, 0.15) is 70.0 Å². The number of ketones is 2. The monoisotopic (exact) mass is 778 g/mol. The van der Waals surface area contributed by atoms with Crippen LogP contribution in [-0.4, -0.2) is 81.7 Å². The molecule has 4 heterocycles. The number of nitrogen functional groups attached to an aromatic ring is 2. The molecule has 0 atom stereocenters. The summed E-state index contributed by atoms with van der Waals surface area (Å²) < 4.78 is 55.2. The first-order valence-electron chi connectivity index (χ1n) is 16.3. The first kappa shape index (κ1) is 40.6. The van der Waals surface area contributed by atoms with Crippen LogP contribution in [0.3, 0.4) is 0 Å². The highest BCUT2D eigenvalue weighted by molar-refractivity contribution is 7.18.